The molecule has 152 valence electrons. The summed E-state index contributed by atoms with van der Waals surface area (Å²) in [6, 6.07) is 0.994. The molecule has 1 aromatic rings. The number of aromatic nitrogens is 1. The quantitative estimate of drug-likeness (QED) is 0.706. The van der Waals surface area contributed by atoms with E-state index in [0.29, 0.717) is 24.4 Å². The van der Waals surface area contributed by atoms with Gasteiger partial charge >= 0.3 is 0 Å². The summed E-state index contributed by atoms with van der Waals surface area (Å²) in [5.41, 5.74) is 0.839. The van der Waals surface area contributed by atoms with Crippen molar-refractivity contribution in [2.24, 2.45) is 0 Å². The summed E-state index contributed by atoms with van der Waals surface area (Å²) in [5.74, 6) is -0.804. The molecule has 3 heterocycles. The maximum atomic E-state index is 12.9. The molecule has 2 aliphatic rings. The zero-order valence-corrected chi connectivity index (χ0v) is 17.3. The number of carbonyl (C=O) groups is 4. The van der Waals surface area contributed by atoms with Gasteiger partial charge in [0.15, 0.2) is 0 Å². The predicted molar refractivity (Wildman–Crippen MR) is 104 cm³/mol. The van der Waals surface area contributed by atoms with Gasteiger partial charge in [-0.05, 0) is 50.7 Å². The Morgan fingerprint density at radius 1 is 1.21 bits per heavy atom. The Morgan fingerprint density at radius 2 is 1.89 bits per heavy atom. The largest absolute Gasteiger partial charge is 0.341 e. The third-order valence-corrected chi connectivity index (χ3v) is 6.42. The highest BCUT2D eigenvalue weighted by atomic mass is 32.1. The number of aryl methyl sites for hydroxylation is 1. The molecule has 2 unspecified atom stereocenters. The van der Waals surface area contributed by atoms with Crippen molar-refractivity contribution in [1.29, 1.82) is 0 Å². The number of likely N-dealkylation sites (tertiary alicyclic amines) is 2. The monoisotopic (exact) mass is 406 g/mol. The van der Waals surface area contributed by atoms with Gasteiger partial charge in [0.25, 0.3) is 5.91 Å². The third kappa shape index (κ3) is 4.09. The van der Waals surface area contributed by atoms with Gasteiger partial charge in [-0.2, -0.15) is 4.37 Å². The van der Waals surface area contributed by atoms with Crippen molar-refractivity contribution in [3.05, 3.63) is 16.6 Å². The van der Waals surface area contributed by atoms with Crippen molar-refractivity contribution in [3.8, 4) is 0 Å². The number of amides is 4. The van der Waals surface area contributed by atoms with E-state index in [2.05, 4.69) is 4.37 Å². The SMILES string of the molecule is Cc1cc(C(=O)N2CCCC(N(C)C(=O)C(C)N3C(=O)CCC3=O)CC2)sn1. The first-order valence-corrected chi connectivity index (χ1v) is 10.4. The topological polar surface area (TPSA) is 90.9 Å². The Morgan fingerprint density at radius 3 is 2.50 bits per heavy atom. The van der Waals surface area contributed by atoms with Gasteiger partial charge in [0, 0.05) is 39.0 Å². The van der Waals surface area contributed by atoms with Crippen LogP contribution in [-0.2, 0) is 14.4 Å². The lowest BCUT2D eigenvalue weighted by atomic mass is 10.1. The van der Waals surface area contributed by atoms with E-state index in [0.717, 1.165) is 23.4 Å². The van der Waals surface area contributed by atoms with Gasteiger partial charge in [-0.15, -0.1) is 0 Å². The van der Waals surface area contributed by atoms with Crippen molar-refractivity contribution in [2.75, 3.05) is 20.1 Å². The number of imide groups is 1. The van der Waals surface area contributed by atoms with E-state index < -0.39 is 6.04 Å². The molecule has 0 radical (unpaired) electrons. The number of hydrogen-bond acceptors (Lipinski definition) is 6. The van der Waals surface area contributed by atoms with E-state index in [1.807, 2.05) is 11.8 Å². The second-order valence-electron chi connectivity index (χ2n) is 7.49. The van der Waals surface area contributed by atoms with Gasteiger partial charge in [-0.3, -0.25) is 24.1 Å². The van der Waals surface area contributed by atoms with Crippen LogP contribution in [0.2, 0.25) is 0 Å². The Labute approximate surface area is 168 Å². The molecule has 9 heteroatoms. The van der Waals surface area contributed by atoms with Crippen molar-refractivity contribution < 1.29 is 19.2 Å². The molecule has 0 aromatic carbocycles. The number of nitrogens with zero attached hydrogens (tertiary/aromatic N) is 4. The first-order chi connectivity index (χ1) is 13.3. The van der Waals surface area contributed by atoms with Crippen molar-refractivity contribution >= 4 is 35.2 Å². The predicted octanol–water partition coefficient (Wildman–Crippen LogP) is 1.44. The molecule has 0 aliphatic carbocycles. The number of likely N-dealkylation sites (N-methyl/N-ethyl adjacent to an activating group) is 1. The maximum Gasteiger partial charge on any atom is 0.265 e. The average molecular weight is 407 g/mol. The smallest absolute Gasteiger partial charge is 0.265 e. The van der Waals surface area contributed by atoms with Crippen LogP contribution in [0.25, 0.3) is 0 Å². The van der Waals surface area contributed by atoms with Crippen molar-refractivity contribution in [3.63, 3.8) is 0 Å². The fourth-order valence-corrected chi connectivity index (χ4v) is 4.63. The van der Waals surface area contributed by atoms with Crippen LogP contribution < -0.4 is 0 Å². The molecular weight excluding hydrogens is 380 g/mol. The highest BCUT2D eigenvalue weighted by Crippen LogP contribution is 2.22. The van der Waals surface area contributed by atoms with Crippen LogP contribution in [0.15, 0.2) is 6.07 Å². The van der Waals surface area contributed by atoms with Gasteiger partial charge in [0.05, 0.1) is 5.69 Å². The van der Waals surface area contributed by atoms with E-state index >= 15 is 0 Å². The first kappa shape index (κ1) is 20.4. The lowest BCUT2D eigenvalue weighted by Crippen LogP contribution is -2.51. The van der Waals surface area contributed by atoms with Gasteiger partial charge in [-0.1, -0.05) is 0 Å². The highest BCUT2D eigenvalue weighted by molar-refractivity contribution is 7.08. The van der Waals surface area contributed by atoms with Crippen LogP contribution >= 0.6 is 11.5 Å². The maximum absolute atomic E-state index is 12.9. The van der Waals surface area contributed by atoms with Gasteiger partial charge in [0.1, 0.15) is 10.9 Å². The first-order valence-electron chi connectivity index (χ1n) is 9.63. The molecule has 28 heavy (non-hydrogen) atoms. The fourth-order valence-electron chi connectivity index (χ4n) is 3.90. The lowest BCUT2D eigenvalue weighted by Gasteiger charge is -2.32. The van der Waals surface area contributed by atoms with Crippen molar-refractivity contribution in [1.82, 2.24) is 19.1 Å². The van der Waals surface area contributed by atoms with Gasteiger partial charge < -0.3 is 9.80 Å². The molecule has 0 saturated carbocycles. The Bertz CT molecular complexity index is 777. The standard InChI is InChI=1S/C19H26N4O4S/c1-12-11-15(28-20-12)19(27)22-9-4-5-14(8-10-22)21(3)18(26)13(2)23-16(24)6-7-17(23)25/h11,13-14H,4-10H2,1-3H3. The zero-order valence-electron chi connectivity index (χ0n) is 16.5. The summed E-state index contributed by atoms with van der Waals surface area (Å²) >= 11 is 1.21. The molecule has 2 atom stereocenters. The van der Waals surface area contributed by atoms with E-state index in [-0.39, 0.29) is 42.5 Å². The second kappa shape index (κ2) is 8.38. The van der Waals surface area contributed by atoms with Crippen LogP contribution in [0.5, 0.6) is 0 Å². The fraction of sp³-hybridized carbons (Fsp3) is 0.632. The minimum absolute atomic E-state index is 0.0122. The molecule has 2 fully saturated rings. The summed E-state index contributed by atoms with van der Waals surface area (Å²) in [7, 11) is 1.72. The summed E-state index contributed by atoms with van der Waals surface area (Å²) in [6.07, 6.45) is 2.60. The van der Waals surface area contributed by atoms with E-state index in [1.54, 1.807) is 24.9 Å². The zero-order chi connectivity index (χ0) is 20.4. The molecule has 0 N–H and O–H groups in total. The van der Waals surface area contributed by atoms with E-state index in [1.165, 1.54) is 11.5 Å². The summed E-state index contributed by atoms with van der Waals surface area (Å²) in [5, 5.41) is 0. The Balaban J connectivity index is 1.61. The molecule has 8 nitrogen and oxygen atoms in total. The number of hydrogen-bond donors (Lipinski definition) is 0. The second-order valence-corrected chi connectivity index (χ2v) is 8.30. The van der Waals surface area contributed by atoms with E-state index in [9.17, 15) is 19.2 Å². The highest BCUT2D eigenvalue weighted by Gasteiger charge is 2.38. The molecule has 1 aromatic heterocycles. The molecule has 3 rings (SSSR count). The third-order valence-electron chi connectivity index (χ3n) is 5.55. The summed E-state index contributed by atoms with van der Waals surface area (Å²) in [4.78, 5) is 54.6. The van der Waals surface area contributed by atoms with Crippen LogP contribution in [0.3, 0.4) is 0 Å². The number of rotatable bonds is 4. The average Bonchev–Trinajstić information content (AvgIpc) is 3.15. The molecular formula is C19H26N4O4S. The minimum atomic E-state index is -0.784. The molecule has 2 aliphatic heterocycles. The summed E-state index contributed by atoms with van der Waals surface area (Å²) < 4.78 is 4.17. The minimum Gasteiger partial charge on any atom is -0.341 e. The van der Waals surface area contributed by atoms with E-state index in [4.69, 9.17) is 0 Å². The molecule has 4 amide bonds. The molecule has 0 bridgehead atoms. The normalized spacial score (nSPS) is 21.6. The lowest BCUT2D eigenvalue weighted by molar-refractivity contribution is -0.150. The van der Waals surface area contributed by atoms with Crippen LogP contribution in [0.4, 0.5) is 0 Å². The van der Waals surface area contributed by atoms with Crippen molar-refractivity contribution in [2.45, 2.75) is 58.0 Å². The molecule has 0 spiro atoms. The molecule has 2 saturated heterocycles. The van der Waals surface area contributed by atoms with Gasteiger partial charge in [0.2, 0.25) is 17.7 Å². The number of carbonyl (C=O) groups excluding carboxylic acids is 4. The summed E-state index contributed by atoms with van der Waals surface area (Å²) in [6.45, 7) is 4.68. The van der Waals surface area contributed by atoms with Crippen LogP contribution in [0, 0.1) is 6.92 Å². The van der Waals surface area contributed by atoms with Crippen LogP contribution in [-0.4, -0.2) is 74.9 Å². The Kier molecular flexibility index (Phi) is 6.12. The Hall–Kier alpha value is -2.29. The van der Waals surface area contributed by atoms with Crippen LogP contribution in [0.1, 0.15) is 54.4 Å². The van der Waals surface area contributed by atoms with Gasteiger partial charge in [-0.25, -0.2) is 0 Å².